The average Bonchev–Trinajstić information content (AvgIpc) is 3.23. The maximum absolute atomic E-state index is 13.0. The fraction of sp³-hybridized carbons (Fsp3) is 0.261. The zero-order valence-corrected chi connectivity index (χ0v) is 19.1. The number of likely N-dealkylation sites (tertiary alicyclic amines) is 1. The van der Waals surface area contributed by atoms with Gasteiger partial charge in [-0.05, 0) is 42.7 Å². The van der Waals surface area contributed by atoms with Gasteiger partial charge in [-0.15, -0.1) is 5.10 Å². The number of rotatable bonds is 4. The van der Waals surface area contributed by atoms with Gasteiger partial charge in [0.25, 0.3) is 11.5 Å². The van der Waals surface area contributed by atoms with Crippen molar-refractivity contribution in [3.63, 3.8) is 0 Å². The lowest BCUT2D eigenvalue weighted by atomic mass is 9.96. The van der Waals surface area contributed by atoms with Crippen molar-refractivity contribution >= 4 is 40.3 Å². The smallest absolute Gasteiger partial charge is 0.281 e. The van der Waals surface area contributed by atoms with Crippen molar-refractivity contribution in [2.24, 2.45) is 0 Å². The van der Waals surface area contributed by atoms with Gasteiger partial charge in [-0.25, -0.2) is 9.67 Å². The van der Waals surface area contributed by atoms with Gasteiger partial charge in [0.15, 0.2) is 11.2 Å². The quantitative estimate of drug-likeness (QED) is 0.475. The minimum Gasteiger partial charge on any atom is -0.338 e. The number of halogens is 2. The Hall–Kier alpha value is -3.23. The molecule has 1 fully saturated rings. The molecule has 0 saturated carbocycles. The van der Waals surface area contributed by atoms with Crippen LogP contribution in [-0.2, 0) is 6.54 Å². The molecule has 2 aromatic carbocycles. The van der Waals surface area contributed by atoms with Gasteiger partial charge in [-0.1, -0.05) is 52.7 Å². The maximum Gasteiger partial charge on any atom is 0.281 e. The number of hydrogen-bond acceptors (Lipinski definition) is 5. The first-order valence-corrected chi connectivity index (χ1v) is 11.4. The van der Waals surface area contributed by atoms with Gasteiger partial charge in [0, 0.05) is 34.6 Å². The molecule has 33 heavy (non-hydrogen) atoms. The average molecular weight is 483 g/mol. The predicted molar refractivity (Wildman–Crippen MR) is 126 cm³/mol. The molecule has 1 aliphatic rings. The number of benzene rings is 2. The van der Waals surface area contributed by atoms with E-state index in [2.05, 4.69) is 15.3 Å². The summed E-state index contributed by atoms with van der Waals surface area (Å²) >= 11 is 12.3. The second-order valence-corrected chi connectivity index (χ2v) is 8.91. The van der Waals surface area contributed by atoms with E-state index in [0.717, 1.165) is 18.4 Å². The first-order valence-electron chi connectivity index (χ1n) is 10.6. The standard InChI is InChI=1S/C23H20Cl2N6O2/c24-17-8-3-6-14(11-17)23(33)30-10-4-7-16(12-30)20-26-21-19(22(32)27-20)28-29-31(21)13-15-5-1-2-9-18(15)25/h1-3,5-6,8-9,11,16H,4,7,10,12-13H2,(H,26,27,32). The largest absolute Gasteiger partial charge is 0.338 e. The molecule has 0 spiro atoms. The molecule has 2 aromatic heterocycles. The zero-order chi connectivity index (χ0) is 22.9. The number of carbonyl (C=O) groups is 1. The SMILES string of the molecule is O=C(c1cccc(Cl)c1)N1CCCC(c2nc3c(nnn3Cc3ccccc3Cl)c(=O)[nH]2)C1. The lowest BCUT2D eigenvalue weighted by molar-refractivity contribution is 0.0704. The second-order valence-electron chi connectivity index (χ2n) is 8.06. The summed E-state index contributed by atoms with van der Waals surface area (Å²) in [5, 5.41) is 9.25. The molecule has 1 atom stereocenters. The Morgan fingerprint density at radius 3 is 2.82 bits per heavy atom. The summed E-state index contributed by atoms with van der Waals surface area (Å²) in [5.41, 5.74) is 1.62. The molecule has 0 radical (unpaired) electrons. The number of nitrogens with zero attached hydrogens (tertiary/aromatic N) is 5. The molecule has 1 N–H and O–H groups in total. The molecule has 0 aliphatic carbocycles. The van der Waals surface area contributed by atoms with E-state index in [-0.39, 0.29) is 22.9 Å². The van der Waals surface area contributed by atoms with E-state index in [0.29, 0.717) is 46.7 Å². The topological polar surface area (TPSA) is 96.8 Å². The van der Waals surface area contributed by atoms with Crippen molar-refractivity contribution < 1.29 is 4.79 Å². The molecular weight excluding hydrogens is 463 g/mol. The van der Waals surface area contributed by atoms with Crippen LogP contribution in [0.25, 0.3) is 11.2 Å². The number of amides is 1. The zero-order valence-electron chi connectivity index (χ0n) is 17.5. The normalized spacial score (nSPS) is 16.3. The lowest BCUT2D eigenvalue weighted by Crippen LogP contribution is -2.40. The fourth-order valence-corrected chi connectivity index (χ4v) is 4.55. The second kappa shape index (κ2) is 8.96. The lowest BCUT2D eigenvalue weighted by Gasteiger charge is -2.32. The first-order chi connectivity index (χ1) is 16.0. The minimum absolute atomic E-state index is 0.0870. The number of fused-ring (bicyclic) bond motifs is 1. The molecule has 5 rings (SSSR count). The summed E-state index contributed by atoms with van der Waals surface area (Å²) in [6.07, 6.45) is 1.61. The van der Waals surface area contributed by atoms with Crippen molar-refractivity contribution in [2.45, 2.75) is 25.3 Å². The molecule has 10 heteroatoms. The van der Waals surface area contributed by atoms with E-state index >= 15 is 0 Å². The summed E-state index contributed by atoms with van der Waals surface area (Å²) in [7, 11) is 0. The Labute approximate surface area is 199 Å². The number of H-pyrrole nitrogens is 1. The van der Waals surface area contributed by atoms with E-state index in [4.69, 9.17) is 28.2 Å². The van der Waals surface area contributed by atoms with Crippen LogP contribution in [0.15, 0.2) is 53.3 Å². The Morgan fingerprint density at radius 1 is 1.15 bits per heavy atom. The van der Waals surface area contributed by atoms with Crippen molar-refractivity contribution in [3.8, 4) is 0 Å². The van der Waals surface area contributed by atoms with Crippen molar-refractivity contribution in [1.29, 1.82) is 0 Å². The highest BCUT2D eigenvalue weighted by Gasteiger charge is 2.28. The highest BCUT2D eigenvalue weighted by molar-refractivity contribution is 6.31. The third kappa shape index (κ3) is 4.36. The first kappa shape index (κ1) is 21.6. The van der Waals surface area contributed by atoms with Gasteiger partial charge in [0.1, 0.15) is 5.82 Å². The summed E-state index contributed by atoms with van der Waals surface area (Å²) < 4.78 is 1.58. The predicted octanol–water partition coefficient (Wildman–Crippen LogP) is 3.89. The summed E-state index contributed by atoms with van der Waals surface area (Å²) in [6.45, 7) is 1.43. The van der Waals surface area contributed by atoms with Gasteiger partial charge in [-0.3, -0.25) is 9.59 Å². The van der Waals surface area contributed by atoms with Crippen molar-refractivity contribution in [2.75, 3.05) is 13.1 Å². The third-order valence-corrected chi connectivity index (χ3v) is 6.44. The molecule has 168 valence electrons. The van der Waals surface area contributed by atoms with Gasteiger partial charge < -0.3 is 9.88 Å². The number of piperidine rings is 1. The van der Waals surface area contributed by atoms with Crippen LogP contribution in [0.3, 0.4) is 0 Å². The van der Waals surface area contributed by atoms with Gasteiger partial charge in [0.2, 0.25) is 0 Å². The Kier molecular flexibility index (Phi) is 5.86. The molecular formula is C23H20Cl2N6O2. The van der Waals surface area contributed by atoms with E-state index in [1.165, 1.54) is 0 Å². The molecule has 1 amide bonds. The summed E-state index contributed by atoms with van der Waals surface area (Å²) in [4.78, 5) is 35.0. The number of hydrogen-bond donors (Lipinski definition) is 1. The number of aromatic amines is 1. The molecule has 4 aromatic rings. The highest BCUT2D eigenvalue weighted by Crippen LogP contribution is 2.26. The van der Waals surface area contributed by atoms with Crippen LogP contribution < -0.4 is 5.56 Å². The Balaban J connectivity index is 1.44. The molecule has 1 saturated heterocycles. The van der Waals surface area contributed by atoms with Crippen LogP contribution in [0.5, 0.6) is 0 Å². The third-order valence-electron chi connectivity index (χ3n) is 5.84. The van der Waals surface area contributed by atoms with Gasteiger partial charge in [-0.2, -0.15) is 0 Å². The highest BCUT2D eigenvalue weighted by atomic mass is 35.5. The Morgan fingerprint density at radius 2 is 2.00 bits per heavy atom. The van der Waals surface area contributed by atoms with Crippen LogP contribution >= 0.6 is 23.2 Å². The van der Waals surface area contributed by atoms with Crippen molar-refractivity contribution in [3.05, 3.63) is 85.9 Å². The number of carbonyl (C=O) groups excluding carboxylic acids is 1. The van der Waals surface area contributed by atoms with Gasteiger partial charge >= 0.3 is 0 Å². The number of aromatic nitrogens is 5. The summed E-state index contributed by atoms with van der Waals surface area (Å²) in [5.74, 6) is 0.331. The van der Waals surface area contributed by atoms with E-state index in [1.807, 2.05) is 18.2 Å². The van der Waals surface area contributed by atoms with E-state index in [1.54, 1.807) is 39.9 Å². The molecule has 1 aliphatic heterocycles. The maximum atomic E-state index is 13.0. The van der Waals surface area contributed by atoms with Crippen molar-refractivity contribution in [1.82, 2.24) is 29.9 Å². The van der Waals surface area contributed by atoms with Crippen LogP contribution in [0, 0.1) is 0 Å². The molecule has 3 heterocycles. The summed E-state index contributed by atoms with van der Waals surface area (Å²) in [6, 6.07) is 14.4. The van der Waals surface area contributed by atoms with Crippen LogP contribution in [-0.4, -0.2) is 48.9 Å². The van der Waals surface area contributed by atoms with Crippen LogP contribution in [0.1, 0.15) is 40.5 Å². The Bertz CT molecular complexity index is 1400. The van der Waals surface area contributed by atoms with Gasteiger partial charge in [0.05, 0.1) is 6.54 Å². The minimum atomic E-state index is -0.348. The molecule has 1 unspecified atom stereocenters. The fourth-order valence-electron chi connectivity index (χ4n) is 4.16. The van der Waals surface area contributed by atoms with Crippen LogP contribution in [0.2, 0.25) is 10.0 Å². The molecule has 0 bridgehead atoms. The number of nitrogens with one attached hydrogen (secondary N) is 1. The van der Waals surface area contributed by atoms with E-state index < -0.39 is 0 Å². The monoisotopic (exact) mass is 482 g/mol. The molecule has 8 nitrogen and oxygen atoms in total. The van der Waals surface area contributed by atoms with E-state index in [9.17, 15) is 9.59 Å². The van der Waals surface area contributed by atoms with Crippen LogP contribution in [0.4, 0.5) is 0 Å².